The van der Waals surface area contributed by atoms with Gasteiger partial charge in [-0.3, -0.25) is 9.59 Å². The Hall–Kier alpha value is -1.10. The first-order valence-corrected chi connectivity index (χ1v) is 5.68. The quantitative estimate of drug-likeness (QED) is 0.734. The molecule has 1 aliphatic carbocycles. The van der Waals surface area contributed by atoms with Crippen LogP contribution in [-0.4, -0.2) is 41.0 Å². The van der Waals surface area contributed by atoms with Crippen molar-refractivity contribution in [3.8, 4) is 0 Å². The van der Waals surface area contributed by atoms with Gasteiger partial charge >= 0.3 is 5.97 Å². The van der Waals surface area contributed by atoms with Crippen molar-refractivity contribution in [1.29, 1.82) is 0 Å². The summed E-state index contributed by atoms with van der Waals surface area (Å²) in [5.41, 5.74) is 4.62. The Labute approximate surface area is 95.6 Å². The van der Waals surface area contributed by atoms with E-state index < -0.39 is 11.5 Å². The summed E-state index contributed by atoms with van der Waals surface area (Å²) in [4.78, 5) is 24.4. The number of aliphatic carboxylic acids is 1. The Morgan fingerprint density at radius 3 is 2.31 bits per heavy atom. The number of hydrogen-bond donors (Lipinski definition) is 2. The molecule has 0 aromatic rings. The maximum Gasteiger partial charge on any atom is 0.323 e. The van der Waals surface area contributed by atoms with Gasteiger partial charge in [-0.1, -0.05) is 0 Å². The summed E-state index contributed by atoms with van der Waals surface area (Å²) in [6.45, 7) is 2.60. The average Bonchev–Trinajstić information content (AvgIpc) is 2.28. The molecule has 0 radical (unpaired) electrons. The zero-order valence-corrected chi connectivity index (χ0v) is 9.90. The van der Waals surface area contributed by atoms with Crippen LogP contribution in [0.3, 0.4) is 0 Å². The Bertz CT molecular complexity index is 283. The largest absolute Gasteiger partial charge is 0.480 e. The molecular weight excluding hydrogens is 208 g/mol. The molecule has 1 amide bonds. The number of carboxylic acids is 1. The van der Waals surface area contributed by atoms with Crippen molar-refractivity contribution in [3.63, 3.8) is 0 Å². The molecule has 0 saturated heterocycles. The molecule has 92 valence electrons. The molecule has 0 aliphatic heterocycles. The van der Waals surface area contributed by atoms with Crippen molar-refractivity contribution in [1.82, 2.24) is 4.90 Å². The van der Waals surface area contributed by atoms with Crippen molar-refractivity contribution >= 4 is 11.9 Å². The first-order chi connectivity index (χ1) is 7.40. The van der Waals surface area contributed by atoms with E-state index in [0.717, 1.165) is 0 Å². The van der Waals surface area contributed by atoms with Crippen LogP contribution in [-0.2, 0) is 9.59 Å². The number of nitrogens with zero attached hydrogens (tertiary/aromatic N) is 1. The molecule has 16 heavy (non-hydrogen) atoms. The van der Waals surface area contributed by atoms with E-state index in [4.69, 9.17) is 10.8 Å². The highest BCUT2D eigenvalue weighted by atomic mass is 16.4. The Morgan fingerprint density at radius 1 is 1.44 bits per heavy atom. The average molecular weight is 228 g/mol. The molecule has 1 saturated carbocycles. The second-order valence-electron chi connectivity index (χ2n) is 4.59. The van der Waals surface area contributed by atoms with Gasteiger partial charge in [-0.25, -0.2) is 0 Å². The van der Waals surface area contributed by atoms with E-state index in [9.17, 15) is 9.59 Å². The number of nitrogens with two attached hydrogens (primary N) is 1. The highest BCUT2D eigenvalue weighted by Gasteiger charge is 2.40. The molecule has 0 aromatic heterocycles. The van der Waals surface area contributed by atoms with Crippen molar-refractivity contribution in [3.05, 3.63) is 0 Å². The number of carbonyl (C=O) groups is 2. The summed E-state index contributed by atoms with van der Waals surface area (Å²) < 4.78 is 0. The molecular formula is C11H20N2O3. The van der Waals surface area contributed by atoms with Gasteiger partial charge in [0, 0.05) is 19.5 Å². The van der Waals surface area contributed by atoms with E-state index in [1.165, 1.54) is 0 Å². The summed E-state index contributed by atoms with van der Waals surface area (Å²) in [5.74, 6) is -0.904. The molecule has 0 unspecified atom stereocenters. The fraction of sp³-hybridized carbons (Fsp3) is 0.818. The van der Waals surface area contributed by atoms with Gasteiger partial charge in [0.2, 0.25) is 5.91 Å². The molecule has 0 heterocycles. The molecule has 3 N–H and O–H groups in total. The summed E-state index contributed by atoms with van der Waals surface area (Å²) in [5, 5.41) is 8.96. The lowest BCUT2D eigenvalue weighted by atomic mass is 9.76. The molecule has 0 bridgehead atoms. The van der Waals surface area contributed by atoms with E-state index in [-0.39, 0.29) is 11.8 Å². The van der Waals surface area contributed by atoms with E-state index in [1.807, 2.05) is 6.92 Å². The van der Waals surface area contributed by atoms with Gasteiger partial charge < -0.3 is 15.7 Å². The van der Waals surface area contributed by atoms with Gasteiger partial charge in [0.05, 0.1) is 0 Å². The highest BCUT2D eigenvalue weighted by Crippen LogP contribution is 2.31. The third-order valence-electron chi connectivity index (χ3n) is 3.50. The molecule has 5 heteroatoms. The normalized spacial score (nSPS) is 29.8. The van der Waals surface area contributed by atoms with E-state index >= 15 is 0 Å². The van der Waals surface area contributed by atoms with E-state index in [0.29, 0.717) is 32.2 Å². The molecule has 1 rings (SSSR count). The highest BCUT2D eigenvalue weighted by molar-refractivity contribution is 5.81. The van der Waals surface area contributed by atoms with Crippen molar-refractivity contribution in [2.24, 2.45) is 11.7 Å². The van der Waals surface area contributed by atoms with Gasteiger partial charge in [0.1, 0.15) is 5.54 Å². The Kier molecular flexibility index (Phi) is 3.91. The van der Waals surface area contributed by atoms with E-state index in [1.54, 1.807) is 11.9 Å². The van der Waals surface area contributed by atoms with Gasteiger partial charge in [0.25, 0.3) is 0 Å². The number of hydrogen-bond acceptors (Lipinski definition) is 3. The van der Waals surface area contributed by atoms with Crippen LogP contribution >= 0.6 is 0 Å². The van der Waals surface area contributed by atoms with Crippen molar-refractivity contribution < 1.29 is 14.7 Å². The minimum absolute atomic E-state index is 0.0547. The lowest BCUT2D eigenvalue weighted by Gasteiger charge is -2.34. The minimum atomic E-state index is -1.12. The molecule has 0 atom stereocenters. The van der Waals surface area contributed by atoms with Crippen LogP contribution in [0.25, 0.3) is 0 Å². The van der Waals surface area contributed by atoms with Crippen molar-refractivity contribution in [2.75, 3.05) is 13.6 Å². The molecule has 0 spiro atoms. The number of carboxylic acid groups (broad SMARTS) is 1. The van der Waals surface area contributed by atoms with Crippen LogP contribution in [0, 0.1) is 5.92 Å². The lowest BCUT2D eigenvalue weighted by Crippen LogP contribution is -2.51. The predicted octanol–water partition coefficient (Wildman–Crippen LogP) is 0.437. The summed E-state index contributed by atoms with van der Waals surface area (Å²) >= 11 is 0. The lowest BCUT2D eigenvalue weighted by molar-refractivity contribution is -0.147. The molecule has 0 aromatic carbocycles. The smallest absolute Gasteiger partial charge is 0.323 e. The van der Waals surface area contributed by atoms with Crippen molar-refractivity contribution in [2.45, 2.75) is 38.1 Å². The monoisotopic (exact) mass is 228 g/mol. The first kappa shape index (κ1) is 13.0. The zero-order valence-electron chi connectivity index (χ0n) is 9.90. The standard InChI is InChI=1S/C11H20N2O3/c1-3-13(2)9(14)8-4-6-11(12,7-5-8)10(15)16/h8H,3-7,12H2,1-2H3,(H,15,16). The predicted molar refractivity (Wildman–Crippen MR) is 59.8 cm³/mol. The zero-order chi connectivity index (χ0) is 12.3. The van der Waals surface area contributed by atoms with E-state index in [2.05, 4.69) is 0 Å². The topological polar surface area (TPSA) is 83.6 Å². The maximum absolute atomic E-state index is 11.8. The van der Waals surface area contributed by atoms with Gasteiger partial charge in [-0.15, -0.1) is 0 Å². The van der Waals surface area contributed by atoms with Crippen LogP contribution in [0.1, 0.15) is 32.6 Å². The van der Waals surface area contributed by atoms with Gasteiger partial charge in [-0.2, -0.15) is 0 Å². The van der Waals surface area contributed by atoms with Crippen LogP contribution < -0.4 is 5.73 Å². The third kappa shape index (κ3) is 2.52. The number of carbonyl (C=O) groups excluding carboxylic acids is 1. The summed E-state index contributed by atoms with van der Waals surface area (Å²) in [7, 11) is 1.77. The minimum Gasteiger partial charge on any atom is -0.480 e. The summed E-state index contributed by atoms with van der Waals surface area (Å²) in [6.07, 6.45) is 1.92. The first-order valence-electron chi connectivity index (χ1n) is 5.68. The number of amides is 1. The number of rotatable bonds is 3. The van der Waals surface area contributed by atoms with Crippen LogP contribution in [0.15, 0.2) is 0 Å². The molecule has 1 fully saturated rings. The van der Waals surface area contributed by atoms with Crippen LogP contribution in [0.5, 0.6) is 0 Å². The Morgan fingerprint density at radius 2 is 1.94 bits per heavy atom. The molecule has 5 nitrogen and oxygen atoms in total. The fourth-order valence-electron chi connectivity index (χ4n) is 2.06. The third-order valence-corrected chi connectivity index (χ3v) is 3.50. The summed E-state index contributed by atoms with van der Waals surface area (Å²) in [6, 6.07) is 0. The van der Waals surface area contributed by atoms with Crippen LogP contribution in [0.2, 0.25) is 0 Å². The molecule has 1 aliphatic rings. The second-order valence-corrected chi connectivity index (χ2v) is 4.59. The van der Waals surface area contributed by atoms with Gasteiger partial charge in [-0.05, 0) is 32.6 Å². The fourth-order valence-corrected chi connectivity index (χ4v) is 2.06. The Balaban J connectivity index is 2.55. The maximum atomic E-state index is 11.8. The van der Waals surface area contributed by atoms with Gasteiger partial charge in [0.15, 0.2) is 0 Å². The second kappa shape index (κ2) is 4.82. The SMILES string of the molecule is CCN(C)C(=O)C1CCC(N)(C(=O)O)CC1. The van der Waals surface area contributed by atoms with Crippen LogP contribution in [0.4, 0.5) is 0 Å².